The Kier molecular flexibility index (Phi) is 3.61. The zero-order chi connectivity index (χ0) is 17.4. The third kappa shape index (κ3) is 2.50. The van der Waals surface area contributed by atoms with Crippen LogP contribution in [0.4, 0.5) is 4.39 Å². The van der Waals surface area contributed by atoms with E-state index < -0.39 is 0 Å². The monoisotopic (exact) mass is 330 g/mol. The number of amidine groups is 1. The molecule has 0 saturated heterocycles. The summed E-state index contributed by atoms with van der Waals surface area (Å²) in [6.45, 7) is 0.427. The highest BCUT2D eigenvalue weighted by Gasteiger charge is 2.13. The molecular formula is C20H15FN4. The lowest BCUT2D eigenvalue weighted by Crippen LogP contribution is -2.01. The molecule has 25 heavy (non-hydrogen) atoms. The Morgan fingerprint density at radius 1 is 0.920 bits per heavy atom. The highest BCUT2D eigenvalue weighted by molar-refractivity contribution is 6.11. The van der Waals surface area contributed by atoms with Gasteiger partial charge in [0.25, 0.3) is 0 Å². The molecule has 122 valence electrons. The molecule has 5 heteroatoms. The minimum absolute atomic E-state index is 0.0761. The molecule has 0 bridgehead atoms. The molecule has 1 heterocycles. The van der Waals surface area contributed by atoms with E-state index in [1.807, 2.05) is 42.5 Å². The highest BCUT2D eigenvalue weighted by Crippen LogP contribution is 2.31. The Hall–Kier alpha value is -3.34. The molecule has 0 saturated carbocycles. The Morgan fingerprint density at radius 3 is 2.44 bits per heavy atom. The van der Waals surface area contributed by atoms with Crippen molar-refractivity contribution in [1.82, 2.24) is 4.57 Å². The predicted molar refractivity (Wildman–Crippen MR) is 96.9 cm³/mol. The Balaban J connectivity index is 1.98. The van der Waals surface area contributed by atoms with Gasteiger partial charge in [-0.1, -0.05) is 36.4 Å². The molecule has 4 rings (SSSR count). The van der Waals surface area contributed by atoms with Crippen molar-refractivity contribution in [3.05, 3.63) is 83.7 Å². The first-order valence-corrected chi connectivity index (χ1v) is 7.90. The standard InChI is InChI=1S/C20H15FN4/c21-17-7-3-1-5-14(17)12-25-18-8-4-2-6-15(18)16-11-13(20(22)24-23)9-10-19(16)25/h1-11,22-23H,12H2. The zero-order valence-electron chi connectivity index (χ0n) is 13.3. The third-order valence-electron chi connectivity index (χ3n) is 4.44. The maximum absolute atomic E-state index is 14.1. The predicted octanol–water partition coefficient (Wildman–Crippen LogP) is 5.34. The van der Waals surface area contributed by atoms with Crippen LogP contribution in [0.5, 0.6) is 0 Å². The fourth-order valence-electron chi connectivity index (χ4n) is 3.23. The fourth-order valence-corrected chi connectivity index (χ4v) is 3.23. The molecule has 0 fully saturated rings. The number of nitrogens with one attached hydrogen (secondary N) is 2. The van der Waals surface area contributed by atoms with Crippen molar-refractivity contribution >= 4 is 27.6 Å². The SMILES string of the molecule is N=NC(=N)c1ccc2c(c1)c1ccccc1n2Cc1ccccc1F. The quantitative estimate of drug-likeness (QED) is 0.289. The lowest BCUT2D eigenvalue weighted by atomic mass is 10.1. The van der Waals surface area contributed by atoms with Gasteiger partial charge in [0.2, 0.25) is 0 Å². The van der Waals surface area contributed by atoms with Gasteiger partial charge >= 0.3 is 0 Å². The summed E-state index contributed by atoms with van der Waals surface area (Å²) in [6, 6.07) is 20.3. The summed E-state index contributed by atoms with van der Waals surface area (Å²) in [5.74, 6) is -0.298. The van der Waals surface area contributed by atoms with Crippen LogP contribution < -0.4 is 0 Å². The van der Waals surface area contributed by atoms with Crippen LogP contribution in [0.2, 0.25) is 0 Å². The molecular weight excluding hydrogens is 315 g/mol. The normalized spacial score (nSPS) is 11.1. The summed E-state index contributed by atoms with van der Waals surface area (Å²) in [5, 5.41) is 13.0. The third-order valence-corrected chi connectivity index (χ3v) is 4.44. The van der Waals surface area contributed by atoms with Gasteiger partial charge in [-0.2, -0.15) is 0 Å². The smallest absolute Gasteiger partial charge is 0.173 e. The lowest BCUT2D eigenvalue weighted by Gasteiger charge is -2.09. The number of benzene rings is 3. The largest absolute Gasteiger partial charge is 0.336 e. The maximum atomic E-state index is 14.1. The van der Waals surface area contributed by atoms with Crippen LogP contribution in [-0.4, -0.2) is 10.4 Å². The van der Waals surface area contributed by atoms with Crippen molar-refractivity contribution in [3.63, 3.8) is 0 Å². The van der Waals surface area contributed by atoms with Crippen molar-refractivity contribution in [3.8, 4) is 0 Å². The summed E-state index contributed by atoms with van der Waals surface area (Å²) in [4.78, 5) is 0. The van der Waals surface area contributed by atoms with E-state index in [1.54, 1.807) is 18.2 Å². The van der Waals surface area contributed by atoms with Crippen LogP contribution >= 0.6 is 0 Å². The minimum Gasteiger partial charge on any atom is -0.336 e. The highest BCUT2D eigenvalue weighted by atomic mass is 19.1. The van der Waals surface area contributed by atoms with Crippen molar-refractivity contribution in [1.29, 1.82) is 10.9 Å². The van der Waals surface area contributed by atoms with Gasteiger partial charge in [-0.15, -0.1) is 5.11 Å². The summed E-state index contributed by atoms with van der Waals surface area (Å²) in [6.07, 6.45) is 0. The van der Waals surface area contributed by atoms with Crippen LogP contribution in [0.25, 0.3) is 21.8 Å². The number of hydrogen-bond donors (Lipinski definition) is 2. The summed E-state index contributed by atoms with van der Waals surface area (Å²) < 4.78 is 16.2. The van der Waals surface area contributed by atoms with Gasteiger partial charge in [0.1, 0.15) is 5.82 Å². The molecule has 3 aromatic carbocycles. The van der Waals surface area contributed by atoms with Gasteiger partial charge in [0.15, 0.2) is 5.84 Å². The molecule has 2 N–H and O–H groups in total. The fraction of sp³-hybridized carbons (Fsp3) is 0.0500. The maximum Gasteiger partial charge on any atom is 0.173 e. The molecule has 0 radical (unpaired) electrons. The van der Waals surface area contributed by atoms with Gasteiger partial charge in [-0.25, -0.2) is 9.92 Å². The number of aromatic nitrogens is 1. The van der Waals surface area contributed by atoms with Crippen LogP contribution in [-0.2, 0) is 6.54 Å². The van der Waals surface area contributed by atoms with E-state index in [-0.39, 0.29) is 11.7 Å². The van der Waals surface area contributed by atoms with Gasteiger partial charge in [-0.3, -0.25) is 5.41 Å². The van der Waals surface area contributed by atoms with E-state index in [1.165, 1.54) is 6.07 Å². The van der Waals surface area contributed by atoms with Crippen LogP contribution in [0.3, 0.4) is 0 Å². The molecule has 1 aromatic heterocycles. The summed E-state index contributed by atoms with van der Waals surface area (Å²) in [7, 11) is 0. The Labute approximate surface area is 143 Å². The van der Waals surface area contributed by atoms with Crippen molar-refractivity contribution < 1.29 is 4.39 Å². The average molecular weight is 330 g/mol. The van der Waals surface area contributed by atoms with Gasteiger partial charge in [0.05, 0.1) is 6.54 Å². The second-order valence-electron chi connectivity index (χ2n) is 5.89. The van der Waals surface area contributed by atoms with Crippen molar-refractivity contribution in [2.24, 2.45) is 5.11 Å². The van der Waals surface area contributed by atoms with Gasteiger partial charge in [-0.05, 0) is 30.3 Å². The lowest BCUT2D eigenvalue weighted by molar-refractivity contribution is 0.604. The average Bonchev–Trinajstić information content (AvgIpc) is 2.96. The molecule has 0 amide bonds. The molecule has 0 aliphatic heterocycles. The molecule has 0 atom stereocenters. The van der Waals surface area contributed by atoms with E-state index in [0.717, 1.165) is 21.8 Å². The number of halogens is 1. The number of nitrogens with zero attached hydrogens (tertiary/aromatic N) is 2. The molecule has 0 spiro atoms. The van der Waals surface area contributed by atoms with Crippen LogP contribution in [0, 0.1) is 16.8 Å². The number of para-hydroxylation sites is 1. The first-order valence-electron chi connectivity index (χ1n) is 7.90. The van der Waals surface area contributed by atoms with Crippen molar-refractivity contribution in [2.75, 3.05) is 0 Å². The topological polar surface area (TPSA) is 65.0 Å². The molecule has 4 nitrogen and oxygen atoms in total. The van der Waals surface area contributed by atoms with Gasteiger partial charge < -0.3 is 4.57 Å². The summed E-state index contributed by atoms with van der Waals surface area (Å²) >= 11 is 0. The molecule has 0 aliphatic carbocycles. The zero-order valence-corrected chi connectivity index (χ0v) is 13.3. The van der Waals surface area contributed by atoms with Crippen molar-refractivity contribution in [2.45, 2.75) is 6.54 Å². The Bertz CT molecular complexity index is 1130. The Morgan fingerprint density at radius 2 is 1.64 bits per heavy atom. The minimum atomic E-state index is -0.222. The number of rotatable bonds is 3. The first-order chi connectivity index (χ1) is 12.2. The number of hydrogen-bond acceptors (Lipinski definition) is 2. The van der Waals surface area contributed by atoms with Crippen LogP contribution in [0.15, 0.2) is 71.8 Å². The molecule has 4 aromatic rings. The van der Waals surface area contributed by atoms with E-state index >= 15 is 0 Å². The van der Waals surface area contributed by atoms with E-state index in [4.69, 9.17) is 10.9 Å². The summed E-state index contributed by atoms with van der Waals surface area (Å²) in [5.41, 5.74) is 10.2. The van der Waals surface area contributed by atoms with E-state index in [0.29, 0.717) is 17.7 Å². The number of fused-ring (bicyclic) bond motifs is 3. The second-order valence-corrected chi connectivity index (χ2v) is 5.89. The van der Waals surface area contributed by atoms with E-state index in [9.17, 15) is 4.39 Å². The first kappa shape index (κ1) is 15.2. The second kappa shape index (κ2) is 5.94. The van der Waals surface area contributed by atoms with Crippen LogP contribution in [0.1, 0.15) is 11.1 Å². The molecule has 0 unspecified atom stereocenters. The van der Waals surface area contributed by atoms with Gasteiger partial charge in [0, 0.05) is 32.9 Å². The van der Waals surface area contributed by atoms with E-state index in [2.05, 4.69) is 9.68 Å². The molecule has 0 aliphatic rings.